The molecule has 0 aliphatic carbocycles. The Morgan fingerprint density at radius 2 is 2.19 bits per heavy atom. The van der Waals surface area contributed by atoms with E-state index < -0.39 is 0 Å². The molecule has 21 heavy (non-hydrogen) atoms. The molecule has 0 spiro atoms. The predicted molar refractivity (Wildman–Crippen MR) is 87.6 cm³/mol. The summed E-state index contributed by atoms with van der Waals surface area (Å²) in [5, 5.41) is 11.9. The fourth-order valence-electron chi connectivity index (χ4n) is 2.34. The maximum absolute atomic E-state index is 12.4. The van der Waals surface area contributed by atoms with Crippen molar-refractivity contribution in [2.75, 3.05) is 18.1 Å². The van der Waals surface area contributed by atoms with Gasteiger partial charge in [-0.15, -0.1) is 0 Å². The van der Waals surface area contributed by atoms with Crippen LogP contribution >= 0.6 is 11.8 Å². The molecule has 1 aliphatic rings. The molecule has 3 nitrogen and oxygen atoms in total. The van der Waals surface area contributed by atoms with Crippen LogP contribution in [0.1, 0.15) is 40.7 Å². The molecule has 0 radical (unpaired) electrons. The van der Waals surface area contributed by atoms with Crippen LogP contribution in [0.15, 0.2) is 18.2 Å². The molecule has 112 valence electrons. The molecule has 0 atom stereocenters. The maximum atomic E-state index is 12.4. The van der Waals surface area contributed by atoms with Gasteiger partial charge >= 0.3 is 0 Å². The Kier molecular flexibility index (Phi) is 6.16. The fourth-order valence-corrected chi connectivity index (χ4v) is 3.44. The highest BCUT2D eigenvalue weighted by Crippen LogP contribution is 2.18. The molecule has 4 heteroatoms. The van der Waals surface area contributed by atoms with E-state index in [0.717, 1.165) is 35.5 Å². The van der Waals surface area contributed by atoms with Crippen LogP contribution in [-0.4, -0.2) is 35.2 Å². The third-order valence-electron chi connectivity index (χ3n) is 3.59. The first kappa shape index (κ1) is 15.9. The fraction of sp³-hybridized carbons (Fsp3) is 0.471. The van der Waals surface area contributed by atoms with E-state index in [1.807, 2.05) is 36.9 Å². The largest absolute Gasteiger partial charge is 0.395 e. The average molecular weight is 303 g/mol. The zero-order valence-corrected chi connectivity index (χ0v) is 13.1. The number of carbonyl (C=O) groups is 1. The molecule has 1 heterocycles. The molecule has 0 aromatic heterocycles. The highest BCUT2D eigenvalue weighted by molar-refractivity contribution is 7.99. The molecule has 2 rings (SSSR count). The molecule has 2 N–H and O–H groups in total. The van der Waals surface area contributed by atoms with Crippen molar-refractivity contribution < 1.29 is 9.90 Å². The number of aliphatic hydroxyl groups is 1. The zero-order valence-electron chi connectivity index (χ0n) is 12.3. The summed E-state index contributed by atoms with van der Waals surface area (Å²) in [5.74, 6) is 8.16. The van der Waals surface area contributed by atoms with Gasteiger partial charge in [0, 0.05) is 23.6 Å². The van der Waals surface area contributed by atoms with Gasteiger partial charge in [0.1, 0.15) is 0 Å². The van der Waals surface area contributed by atoms with Gasteiger partial charge in [-0.05, 0) is 49.0 Å². The van der Waals surface area contributed by atoms with Crippen molar-refractivity contribution in [1.82, 2.24) is 5.32 Å². The molecule has 0 bridgehead atoms. The van der Waals surface area contributed by atoms with Gasteiger partial charge in [0.2, 0.25) is 0 Å². The first-order valence-electron chi connectivity index (χ1n) is 7.30. The number of thioether (sulfide) groups is 1. The Hall–Kier alpha value is -1.44. The van der Waals surface area contributed by atoms with Crippen molar-refractivity contribution in [2.24, 2.45) is 0 Å². The highest BCUT2D eigenvalue weighted by Gasteiger charge is 2.18. The van der Waals surface area contributed by atoms with Crippen LogP contribution in [0.2, 0.25) is 0 Å². The van der Waals surface area contributed by atoms with Gasteiger partial charge < -0.3 is 10.4 Å². The highest BCUT2D eigenvalue weighted by atomic mass is 32.2. The first-order valence-corrected chi connectivity index (χ1v) is 8.46. The van der Waals surface area contributed by atoms with Gasteiger partial charge in [0.15, 0.2) is 0 Å². The minimum absolute atomic E-state index is 0.00444. The van der Waals surface area contributed by atoms with Crippen molar-refractivity contribution in [3.8, 4) is 11.8 Å². The Morgan fingerprint density at radius 1 is 1.43 bits per heavy atom. The third-order valence-corrected chi connectivity index (χ3v) is 4.64. The van der Waals surface area contributed by atoms with Crippen molar-refractivity contribution >= 4 is 17.7 Å². The molecule has 1 fully saturated rings. The SMILES string of the molecule is Cc1c(C#CCCO)cccc1C(=O)NC1CCSCC1. The monoisotopic (exact) mass is 303 g/mol. The standard InChI is InChI=1S/C17H21NO2S/c1-13-14(5-2-3-10-19)6-4-7-16(13)17(20)18-15-8-11-21-12-9-15/h4,6-7,15,19H,3,8-12H2,1H3,(H,18,20). The van der Waals surface area contributed by atoms with Crippen LogP contribution in [-0.2, 0) is 0 Å². The normalized spacial score (nSPS) is 15.1. The van der Waals surface area contributed by atoms with Crippen molar-refractivity contribution in [3.63, 3.8) is 0 Å². The summed E-state index contributed by atoms with van der Waals surface area (Å²) < 4.78 is 0. The Balaban J connectivity index is 2.10. The van der Waals surface area contributed by atoms with Gasteiger partial charge in [0.25, 0.3) is 5.91 Å². The summed E-state index contributed by atoms with van der Waals surface area (Å²) in [6.07, 6.45) is 2.55. The summed E-state index contributed by atoms with van der Waals surface area (Å²) in [6.45, 7) is 1.99. The molecule has 1 aromatic carbocycles. The second-order valence-electron chi connectivity index (χ2n) is 5.11. The Labute approximate surface area is 130 Å². The summed E-state index contributed by atoms with van der Waals surface area (Å²) in [7, 11) is 0. The minimum atomic E-state index is -0.00444. The van der Waals surface area contributed by atoms with Crippen LogP contribution in [0.25, 0.3) is 0 Å². The molecular formula is C17H21NO2S. The predicted octanol–water partition coefficient (Wildman–Crippen LogP) is 2.35. The topological polar surface area (TPSA) is 49.3 Å². The number of amides is 1. The third kappa shape index (κ3) is 4.52. The van der Waals surface area contributed by atoms with E-state index in [1.54, 1.807) is 0 Å². The summed E-state index contributed by atoms with van der Waals surface area (Å²) in [6, 6.07) is 5.91. The lowest BCUT2D eigenvalue weighted by molar-refractivity contribution is 0.0934. The molecule has 1 aromatic rings. The van der Waals surface area contributed by atoms with Crippen LogP contribution in [0, 0.1) is 18.8 Å². The van der Waals surface area contributed by atoms with Gasteiger partial charge in [-0.2, -0.15) is 11.8 Å². The van der Waals surface area contributed by atoms with Crippen LogP contribution in [0.4, 0.5) is 0 Å². The number of rotatable bonds is 3. The average Bonchev–Trinajstić information content (AvgIpc) is 2.50. The lowest BCUT2D eigenvalue weighted by Gasteiger charge is -2.23. The van der Waals surface area contributed by atoms with Crippen molar-refractivity contribution in [1.29, 1.82) is 0 Å². The number of carbonyl (C=O) groups excluding carboxylic acids is 1. The molecule has 1 aliphatic heterocycles. The van der Waals surface area contributed by atoms with E-state index in [0.29, 0.717) is 18.0 Å². The number of benzene rings is 1. The number of aliphatic hydroxyl groups excluding tert-OH is 1. The Morgan fingerprint density at radius 3 is 2.90 bits per heavy atom. The van der Waals surface area contributed by atoms with Crippen LogP contribution in [0.3, 0.4) is 0 Å². The number of nitrogens with one attached hydrogen (secondary N) is 1. The lowest BCUT2D eigenvalue weighted by atomic mass is 10.0. The molecule has 0 saturated carbocycles. The van der Waals surface area contributed by atoms with E-state index in [-0.39, 0.29) is 12.5 Å². The number of hydrogen-bond acceptors (Lipinski definition) is 3. The van der Waals surface area contributed by atoms with E-state index in [9.17, 15) is 4.79 Å². The number of hydrogen-bond donors (Lipinski definition) is 2. The maximum Gasteiger partial charge on any atom is 0.251 e. The molecule has 1 amide bonds. The summed E-state index contributed by atoms with van der Waals surface area (Å²) >= 11 is 1.95. The van der Waals surface area contributed by atoms with Gasteiger partial charge in [-0.1, -0.05) is 17.9 Å². The lowest BCUT2D eigenvalue weighted by Crippen LogP contribution is -2.37. The van der Waals surface area contributed by atoms with E-state index in [1.165, 1.54) is 0 Å². The second-order valence-corrected chi connectivity index (χ2v) is 6.34. The van der Waals surface area contributed by atoms with E-state index in [4.69, 9.17) is 5.11 Å². The van der Waals surface area contributed by atoms with Gasteiger partial charge in [-0.25, -0.2) is 0 Å². The first-order chi connectivity index (χ1) is 10.2. The molecular weight excluding hydrogens is 282 g/mol. The van der Waals surface area contributed by atoms with Gasteiger partial charge in [-0.3, -0.25) is 4.79 Å². The van der Waals surface area contributed by atoms with Crippen LogP contribution < -0.4 is 5.32 Å². The van der Waals surface area contributed by atoms with E-state index >= 15 is 0 Å². The second kappa shape index (κ2) is 8.11. The summed E-state index contributed by atoms with van der Waals surface area (Å²) in [4.78, 5) is 12.4. The zero-order chi connectivity index (χ0) is 15.1. The minimum Gasteiger partial charge on any atom is -0.395 e. The van der Waals surface area contributed by atoms with Crippen LogP contribution in [0.5, 0.6) is 0 Å². The Bertz CT molecular complexity index is 554. The molecule has 0 unspecified atom stereocenters. The summed E-state index contributed by atoms with van der Waals surface area (Å²) in [5.41, 5.74) is 2.46. The molecule has 1 saturated heterocycles. The van der Waals surface area contributed by atoms with Crippen molar-refractivity contribution in [3.05, 3.63) is 34.9 Å². The van der Waals surface area contributed by atoms with Gasteiger partial charge in [0.05, 0.1) is 6.61 Å². The quantitative estimate of drug-likeness (QED) is 0.843. The van der Waals surface area contributed by atoms with E-state index in [2.05, 4.69) is 17.2 Å². The van der Waals surface area contributed by atoms with Crippen molar-refractivity contribution in [2.45, 2.75) is 32.2 Å². The smallest absolute Gasteiger partial charge is 0.251 e.